The zero-order valence-electron chi connectivity index (χ0n) is 11.8. The molecule has 24 heavy (non-hydrogen) atoms. The molecular weight excluding hydrogens is 369 g/mol. The average molecular weight is 379 g/mol. The second-order valence-electron chi connectivity index (χ2n) is 4.53. The molecule has 2 aromatic rings. The van der Waals surface area contributed by atoms with Crippen molar-refractivity contribution in [3.05, 3.63) is 64.7 Å². The van der Waals surface area contributed by atoms with Crippen molar-refractivity contribution in [3.8, 4) is 0 Å². The first-order chi connectivity index (χ1) is 11.1. The van der Waals surface area contributed by atoms with Gasteiger partial charge < -0.3 is 5.73 Å². The van der Waals surface area contributed by atoms with Crippen LogP contribution in [0.4, 0.5) is 13.2 Å². The van der Waals surface area contributed by atoms with E-state index in [4.69, 9.17) is 17.3 Å². The van der Waals surface area contributed by atoms with Gasteiger partial charge in [-0.2, -0.15) is 21.6 Å². The van der Waals surface area contributed by atoms with Crippen molar-refractivity contribution in [2.24, 2.45) is 10.9 Å². The highest BCUT2D eigenvalue weighted by atomic mass is 35.5. The Morgan fingerprint density at radius 1 is 1.04 bits per heavy atom. The summed E-state index contributed by atoms with van der Waals surface area (Å²) >= 11 is 5.65. The number of halogens is 4. The van der Waals surface area contributed by atoms with E-state index >= 15 is 0 Å². The minimum Gasteiger partial charge on any atom is -0.380 e. The Kier molecular flexibility index (Phi) is 5.05. The van der Waals surface area contributed by atoms with Crippen LogP contribution >= 0.6 is 11.6 Å². The van der Waals surface area contributed by atoms with E-state index in [0.717, 1.165) is 24.3 Å². The van der Waals surface area contributed by atoms with Crippen LogP contribution in [0, 0.1) is 0 Å². The second kappa shape index (κ2) is 6.70. The highest BCUT2D eigenvalue weighted by molar-refractivity contribution is 7.86. The quantitative estimate of drug-likeness (QED) is 0.502. The molecule has 0 spiro atoms. The molecule has 0 heterocycles. The topological polar surface area (TPSA) is 81.8 Å². The number of hydrogen-bond acceptors (Lipinski definition) is 4. The zero-order chi connectivity index (χ0) is 18.0. The van der Waals surface area contributed by atoms with Crippen molar-refractivity contribution >= 4 is 27.6 Å². The Morgan fingerprint density at radius 3 is 2.08 bits per heavy atom. The molecule has 0 unspecified atom stereocenters. The molecule has 0 saturated heterocycles. The summed E-state index contributed by atoms with van der Waals surface area (Å²) in [7, 11) is -4.22. The van der Waals surface area contributed by atoms with Crippen molar-refractivity contribution in [2.75, 3.05) is 0 Å². The minimum absolute atomic E-state index is 0.0781. The van der Waals surface area contributed by atoms with Gasteiger partial charge in [0.15, 0.2) is 5.84 Å². The number of hydrogen-bond donors (Lipinski definition) is 1. The van der Waals surface area contributed by atoms with Crippen LogP contribution in [0.25, 0.3) is 0 Å². The van der Waals surface area contributed by atoms with E-state index in [9.17, 15) is 21.6 Å². The van der Waals surface area contributed by atoms with Gasteiger partial charge in [0.25, 0.3) is 0 Å². The van der Waals surface area contributed by atoms with Crippen molar-refractivity contribution < 1.29 is 25.9 Å². The summed E-state index contributed by atoms with van der Waals surface area (Å²) < 4.78 is 65.6. The van der Waals surface area contributed by atoms with Crippen molar-refractivity contribution in [2.45, 2.75) is 11.1 Å². The molecule has 10 heteroatoms. The normalized spacial score (nSPS) is 12.9. The Bertz CT molecular complexity index is 848. The van der Waals surface area contributed by atoms with Crippen LogP contribution in [0.5, 0.6) is 0 Å². The highest BCUT2D eigenvalue weighted by Crippen LogP contribution is 2.29. The molecule has 0 saturated carbocycles. The van der Waals surface area contributed by atoms with Crippen molar-refractivity contribution in [1.29, 1.82) is 0 Å². The minimum atomic E-state index is -4.49. The Balaban J connectivity index is 2.17. The van der Waals surface area contributed by atoms with Gasteiger partial charge in [0.2, 0.25) is 0 Å². The van der Waals surface area contributed by atoms with Crippen molar-refractivity contribution in [1.82, 2.24) is 0 Å². The second-order valence-corrected chi connectivity index (χ2v) is 6.50. The molecule has 2 rings (SSSR count). The predicted octanol–water partition coefficient (Wildman–Crippen LogP) is 3.38. The number of oxime groups is 1. The lowest BCUT2D eigenvalue weighted by atomic mass is 10.1. The van der Waals surface area contributed by atoms with Gasteiger partial charge in [-0.1, -0.05) is 23.7 Å². The summed E-state index contributed by atoms with van der Waals surface area (Å²) in [6.07, 6.45) is -4.49. The molecule has 0 radical (unpaired) electrons. The van der Waals surface area contributed by atoms with Gasteiger partial charge in [-0.15, -0.1) is 0 Å². The van der Waals surface area contributed by atoms with E-state index in [0.29, 0.717) is 5.02 Å². The third-order valence-corrected chi connectivity index (χ3v) is 4.22. The van der Waals surface area contributed by atoms with E-state index in [-0.39, 0.29) is 16.3 Å². The lowest BCUT2D eigenvalue weighted by molar-refractivity contribution is -0.137. The smallest absolute Gasteiger partial charge is 0.380 e. The molecule has 0 aliphatic rings. The van der Waals surface area contributed by atoms with Gasteiger partial charge in [-0.05, 0) is 41.6 Å². The van der Waals surface area contributed by atoms with E-state index in [1.165, 1.54) is 24.3 Å². The molecule has 2 aromatic carbocycles. The number of amidine groups is 1. The molecule has 0 aromatic heterocycles. The molecule has 0 amide bonds. The molecular formula is C14H10ClF3N2O3S. The Labute approximate surface area is 140 Å². The van der Waals surface area contributed by atoms with Crippen LogP contribution in [0.1, 0.15) is 11.1 Å². The molecule has 0 atom stereocenters. The third-order valence-electron chi connectivity index (χ3n) is 2.84. The van der Waals surface area contributed by atoms with Crippen LogP contribution in [0.3, 0.4) is 0 Å². The van der Waals surface area contributed by atoms with E-state index in [2.05, 4.69) is 9.44 Å². The first-order valence-electron chi connectivity index (χ1n) is 6.30. The predicted molar refractivity (Wildman–Crippen MR) is 81.9 cm³/mol. The SMILES string of the molecule is N/C(=N/OS(=O)(=O)c1ccc(Cl)cc1)c1ccc(C(F)(F)F)cc1. The molecule has 0 bridgehead atoms. The number of nitrogens with zero attached hydrogens (tertiary/aromatic N) is 1. The van der Waals surface area contributed by atoms with Crippen LogP contribution < -0.4 is 5.73 Å². The monoisotopic (exact) mass is 378 g/mol. The maximum absolute atomic E-state index is 12.5. The van der Waals surface area contributed by atoms with Crippen LogP contribution in [0.15, 0.2) is 58.6 Å². The van der Waals surface area contributed by atoms with Gasteiger partial charge in [0.05, 0.1) is 5.56 Å². The lowest BCUT2D eigenvalue weighted by Gasteiger charge is -2.07. The van der Waals surface area contributed by atoms with Gasteiger partial charge >= 0.3 is 16.3 Å². The standard InChI is InChI=1S/C14H10ClF3N2O3S/c15-11-5-7-12(8-6-11)24(21,22)23-20-13(19)9-1-3-10(4-2-9)14(16,17)18/h1-8H,(H2,19,20). The van der Waals surface area contributed by atoms with Gasteiger partial charge in [0.1, 0.15) is 4.90 Å². The molecule has 0 aliphatic heterocycles. The van der Waals surface area contributed by atoms with Crippen molar-refractivity contribution in [3.63, 3.8) is 0 Å². The van der Waals surface area contributed by atoms with Crippen LogP contribution in [-0.4, -0.2) is 14.3 Å². The van der Waals surface area contributed by atoms with Gasteiger partial charge in [-0.25, -0.2) is 0 Å². The number of rotatable bonds is 4. The third kappa shape index (κ3) is 4.39. The van der Waals surface area contributed by atoms with E-state index in [1.54, 1.807) is 0 Å². The maximum atomic E-state index is 12.5. The summed E-state index contributed by atoms with van der Waals surface area (Å²) in [6, 6.07) is 8.82. The largest absolute Gasteiger partial charge is 0.416 e. The molecule has 2 N–H and O–H groups in total. The summed E-state index contributed by atoms with van der Waals surface area (Å²) in [5, 5.41) is 3.58. The fourth-order valence-corrected chi connectivity index (χ4v) is 2.48. The summed E-state index contributed by atoms with van der Waals surface area (Å²) in [6.45, 7) is 0. The molecule has 5 nitrogen and oxygen atoms in total. The fraction of sp³-hybridized carbons (Fsp3) is 0.0714. The number of alkyl halides is 3. The Hall–Kier alpha value is -2.26. The van der Waals surface area contributed by atoms with E-state index < -0.39 is 21.9 Å². The van der Waals surface area contributed by atoms with Crippen LogP contribution in [-0.2, 0) is 20.6 Å². The summed E-state index contributed by atoms with van der Waals surface area (Å²) in [4.78, 5) is -0.198. The molecule has 0 fully saturated rings. The fourth-order valence-electron chi connectivity index (χ4n) is 1.62. The van der Waals surface area contributed by atoms with E-state index in [1.807, 2.05) is 0 Å². The van der Waals surface area contributed by atoms with Crippen LogP contribution in [0.2, 0.25) is 5.02 Å². The molecule has 0 aliphatic carbocycles. The zero-order valence-corrected chi connectivity index (χ0v) is 13.4. The number of nitrogens with two attached hydrogens (primary N) is 1. The van der Waals surface area contributed by atoms with Gasteiger partial charge in [-0.3, -0.25) is 4.28 Å². The summed E-state index contributed by atoms with van der Waals surface area (Å²) in [5.74, 6) is -0.388. The van der Waals surface area contributed by atoms with Gasteiger partial charge in [0, 0.05) is 10.6 Å². The summed E-state index contributed by atoms with van der Waals surface area (Å²) in [5.41, 5.74) is 4.73. The maximum Gasteiger partial charge on any atom is 0.416 e. The first-order valence-corrected chi connectivity index (χ1v) is 8.08. The first kappa shape index (κ1) is 18.1. The molecule has 128 valence electrons. The highest BCUT2D eigenvalue weighted by Gasteiger charge is 2.30. The number of benzene rings is 2. The average Bonchev–Trinajstić information content (AvgIpc) is 2.52. The lowest BCUT2D eigenvalue weighted by Crippen LogP contribution is -2.16. The Morgan fingerprint density at radius 2 is 1.58 bits per heavy atom.